The van der Waals surface area contributed by atoms with Crippen LogP contribution in [0.25, 0.3) is 0 Å². The van der Waals surface area contributed by atoms with Crippen LogP contribution < -0.4 is 25.0 Å². The van der Waals surface area contributed by atoms with E-state index in [2.05, 4.69) is 15.6 Å². The molecule has 1 unspecified atom stereocenters. The molecule has 0 aliphatic carbocycles. The number of fused-ring (bicyclic) bond motifs is 1. The highest BCUT2D eigenvalue weighted by Crippen LogP contribution is 2.32. The Hall–Kier alpha value is -3.96. The van der Waals surface area contributed by atoms with E-state index in [0.29, 0.717) is 17.1 Å². The van der Waals surface area contributed by atoms with E-state index >= 15 is 0 Å². The van der Waals surface area contributed by atoms with Crippen LogP contribution in [0.1, 0.15) is 15.9 Å². The van der Waals surface area contributed by atoms with Gasteiger partial charge in [-0.1, -0.05) is 42.5 Å². The number of halogens is 1. The fourth-order valence-electron chi connectivity index (χ4n) is 3.27. The number of amides is 2. The van der Waals surface area contributed by atoms with Crippen LogP contribution in [0, 0.1) is 5.82 Å². The highest BCUT2D eigenvalue weighted by molar-refractivity contribution is 7.89. The molecule has 0 bridgehead atoms. The summed E-state index contributed by atoms with van der Waals surface area (Å²) in [5, 5.41) is 0. The SMILES string of the molecule is O=C(NNC(=O)C(Cc1ccccc1)NS(=O)(=O)c1ccccc1F)c1ccc2c(c1)OCO2. The molecule has 3 aromatic rings. The molecule has 2 amide bonds. The minimum absolute atomic E-state index is 0.0414. The molecule has 11 heteroatoms. The molecular weight excluding hydrogens is 465 g/mol. The average Bonchev–Trinajstić information content (AvgIpc) is 3.30. The van der Waals surface area contributed by atoms with E-state index in [-0.39, 0.29) is 18.8 Å². The average molecular weight is 485 g/mol. The number of rotatable bonds is 7. The van der Waals surface area contributed by atoms with Crippen molar-refractivity contribution in [2.75, 3.05) is 6.79 Å². The lowest BCUT2D eigenvalue weighted by molar-refractivity contribution is -0.123. The fraction of sp³-hybridized carbons (Fsp3) is 0.130. The van der Waals surface area contributed by atoms with E-state index in [1.54, 1.807) is 36.4 Å². The van der Waals surface area contributed by atoms with Gasteiger partial charge in [-0.25, -0.2) is 12.8 Å². The van der Waals surface area contributed by atoms with Gasteiger partial charge in [0.15, 0.2) is 11.5 Å². The Morgan fingerprint density at radius 2 is 1.62 bits per heavy atom. The number of hydrogen-bond donors (Lipinski definition) is 3. The molecule has 0 aromatic heterocycles. The lowest BCUT2D eigenvalue weighted by atomic mass is 10.1. The molecule has 0 saturated carbocycles. The van der Waals surface area contributed by atoms with E-state index in [1.165, 1.54) is 24.3 Å². The molecule has 1 atom stereocenters. The summed E-state index contributed by atoms with van der Waals surface area (Å²) < 4.78 is 52.3. The third kappa shape index (κ3) is 5.33. The first kappa shape index (κ1) is 23.2. The lowest BCUT2D eigenvalue weighted by Gasteiger charge is -2.19. The van der Waals surface area contributed by atoms with Gasteiger partial charge < -0.3 is 9.47 Å². The lowest BCUT2D eigenvalue weighted by Crippen LogP contribution is -2.53. The molecule has 176 valence electrons. The van der Waals surface area contributed by atoms with Gasteiger partial charge in [0.2, 0.25) is 16.8 Å². The van der Waals surface area contributed by atoms with E-state index in [0.717, 1.165) is 12.1 Å². The molecule has 3 N–H and O–H groups in total. The largest absolute Gasteiger partial charge is 0.454 e. The number of carbonyl (C=O) groups excluding carboxylic acids is 2. The van der Waals surface area contributed by atoms with Crippen molar-refractivity contribution in [3.05, 3.63) is 89.7 Å². The maximum absolute atomic E-state index is 14.1. The third-order valence-corrected chi connectivity index (χ3v) is 6.46. The number of ether oxygens (including phenoxy) is 2. The van der Waals surface area contributed by atoms with Gasteiger partial charge in [0, 0.05) is 5.56 Å². The summed E-state index contributed by atoms with van der Waals surface area (Å²) in [4.78, 5) is 24.8. The smallest absolute Gasteiger partial charge is 0.269 e. The highest BCUT2D eigenvalue weighted by atomic mass is 32.2. The summed E-state index contributed by atoms with van der Waals surface area (Å²) in [5.74, 6) is -1.56. The van der Waals surface area contributed by atoms with Crippen molar-refractivity contribution in [2.24, 2.45) is 0 Å². The van der Waals surface area contributed by atoms with Crippen LogP contribution >= 0.6 is 0 Å². The Bertz CT molecular complexity index is 1320. The summed E-state index contributed by atoms with van der Waals surface area (Å²) in [7, 11) is -4.38. The summed E-state index contributed by atoms with van der Waals surface area (Å²) >= 11 is 0. The molecule has 0 spiro atoms. The second-order valence-electron chi connectivity index (χ2n) is 7.31. The predicted octanol–water partition coefficient (Wildman–Crippen LogP) is 1.91. The van der Waals surface area contributed by atoms with Crippen molar-refractivity contribution in [1.82, 2.24) is 15.6 Å². The summed E-state index contributed by atoms with van der Waals surface area (Å²) in [6, 6.07) is 16.6. The minimum atomic E-state index is -4.38. The van der Waals surface area contributed by atoms with Gasteiger partial charge in [-0.15, -0.1) is 0 Å². The van der Waals surface area contributed by atoms with Crippen LogP contribution in [0.15, 0.2) is 77.7 Å². The molecule has 1 aliphatic rings. The second kappa shape index (κ2) is 9.89. The standard InChI is InChI=1S/C23H20FN3O6S/c24-17-8-4-5-9-21(17)34(30,31)27-18(12-15-6-2-1-3-7-15)23(29)26-25-22(28)16-10-11-19-20(13-16)33-14-32-19/h1-11,13,18,27H,12,14H2,(H,25,28)(H,26,29). The van der Waals surface area contributed by atoms with Crippen molar-refractivity contribution in [3.63, 3.8) is 0 Å². The van der Waals surface area contributed by atoms with Gasteiger partial charge >= 0.3 is 0 Å². The van der Waals surface area contributed by atoms with Gasteiger partial charge in [-0.05, 0) is 42.3 Å². The molecule has 3 aromatic carbocycles. The summed E-state index contributed by atoms with van der Waals surface area (Å²) in [5.41, 5.74) is 5.32. The maximum Gasteiger partial charge on any atom is 0.269 e. The van der Waals surface area contributed by atoms with Crippen molar-refractivity contribution >= 4 is 21.8 Å². The first-order valence-corrected chi connectivity index (χ1v) is 11.6. The first-order chi connectivity index (χ1) is 16.3. The number of benzene rings is 3. The van der Waals surface area contributed by atoms with Crippen molar-refractivity contribution < 1.29 is 31.9 Å². The van der Waals surface area contributed by atoms with E-state index in [4.69, 9.17) is 9.47 Å². The van der Waals surface area contributed by atoms with Crippen molar-refractivity contribution in [2.45, 2.75) is 17.4 Å². The number of carbonyl (C=O) groups is 2. The maximum atomic E-state index is 14.1. The predicted molar refractivity (Wildman–Crippen MR) is 119 cm³/mol. The summed E-state index contributed by atoms with van der Waals surface area (Å²) in [6.07, 6.45) is -0.0414. The molecule has 1 heterocycles. The molecular formula is C23H20FN3O6S. The minimum Gasteiger partial charge on any atom is -0.454 e. The first-order valence-electron chi connectivity index (χ1n) is 10.1. The van der Waals surface area contributed by atoms with Gasteiger partial charge in [-0.3, -0.25) is 20.4 Å². The van der Waals surface area contributed by atoms with Crippen LogP contribution in [0.4, 0.5) is 4.39 Å². The molecule has 4 rings (SSSR count). The molecule has 0 saturated heterocycles. The van der Waals surface area contributed by atoms with Gasteiger partial charge in [0.05, 0.1) is 0 Å². The van der Waals surface area contributed by atoms with Crippen LogP contribution in [0.3, 0.4) is 0 Å². The zero-order valence-corrected chi connectivity index (χ0v) is 18.5. The Morgan fingerprint density at radius 3 is 2.38 bits per heavy atom. The third-order valence-electron chi connectivity index (χ3n) is 4.96. The van der Waals surface area contributed by atoms with Gasteiger partial charge in [0.1, 0.15) is 16.8 Å². The van der Waals surface area contributed by atoms with E-state index < -0.39 is 38.6 Å². The number of nitrogens with one attached hydrogen (secondary N) is 3. The summed E-state index contributed by atoms with van der Waals surface area (Å²) in [6.45, 7) is 0.0421. The second-order valence-corrected chi connectivity index (χ2v) is 8.99. The number of sulfonamides is 1. The Balaban J connectivity index is 1.49. The Kier molecular flexibility index (Phi) is 6.75. The van der Waals surface area contributed by atoms with Crippen molar-refractivity contribution in [1.29, 1.82) is 0 Å². The van der Waals surface area contributed by atoms with Crippen molar-refractivity contribution in [3.8, 4) is 11.5 Å². The van der Waals surface area contributed by atoms with Crippen LogP contribution in [0.2, 0.25) is 0 Å². The zero-order valence-electron chi connectivity index (χ0n) is 17.7. The van der Waals surface area contributed by atoms with Crippen LogP contribution in [-0.4, -0.2) is 33.1 Å². The topological polar surface area (TPSA) is 123 Å². The molecule has 34 heavy (non-hydrogen) atoms. The van der Waals surface area contributed by atoms with Gasteiger partial charge in [0.25, 0.3) is 11.8 Å². The zero-order chi connectivity index (χ0) is 24.1. The Morgan fingerprint density at radius 1 is 0.912 bits per heavy atom. The molecule has 1 aliphatic heterocycles. The monoisotopic (exact) mass is 485 g/mol. The van der Waals surface area contributed by atoms with Gasteiger partial charge in [-0.2, -0.15) is 4.72 Å². The fourth-order valence-corrected chi connectivity index (χ4v) is 4.54. The quantitative estimate of drug-likeness (QED) is 0.440. The van der Waals surface area contributed by atoms with Crippen LogP contribution in [-0.2, 0) is 21.2 Å². The molecule has 9 nitrogen and oxygen atoms in total. The van der Waals surface area contributed by atoms with E-state index in [9.17, 15) is 22.4 Å². The highest BCUT2D eigenvalue weighted by Gasteiger charge is 2.28. The number of hydrazine groups is 1. The van der Waals surface area contributed by atoms with Crippen LogP contribution in [0.5, 0.6) is 11.5 Å². The molecule has 0 radical (unpaired) electrons. The van der Waals surface area contributed by atoms with E-state index in [1.807, 2.05) is 0 Å². The Labute approximate surface area is 194 Å². The normalized spacial score (nSPS) is 13.2. The molecule has 0 fully saturated rings. The number of hydrogen-bond acceptors (Lipinski definition) is 6.